The van der Waals surface area contributed by atoms with Crippen molar-refractivity contribution in [2.24, 2.45) is 23.7 Å². The molecule has 0 aromatic heterocycles. The number of benzene rings is 4. The molecular weight excluding hydrogens is 636 g/mol. The number of aliphatic carboxylic acids is 2. The molecule has 2 N–H and O–H groups in total. The molecule has 0 radical (unpaired) electrons. The van der Waals surface area contributed by atoms with E-state index >= 15 is 0 Å². The molecule has 0 unspecified atom stereocenters. The minimum atomic E-state index is -1.44. The first-order chi connectivity index (χ1) is 24.3. The van der Waals surface area contributed by atoms with Crippen LogP contribution in [-0.4, -0.2) is 55.8 Å². The molecule has 3 aliphatic rings. The summed E-state index contributed by atoms with van der Waals surface area (Å²) in [6.07, 6.45) is 2.98. The highest BCUT2D eigenvalue weighted by atomic mass is 16.5. The number of carbonyl (C=O) groups is 4. The molecule has 0 aliphatic heterocycles. The van der Waals surface area contributed by atoms with Gasteiger partial charge in [-0.05, 0) is 85.3 Å². The Kier molecular flexibility index (Phi) is 9.25. The third kappa shape index (κ3) is 7.19. The maximum Gasteiger partial charge on any atom is 0.308 e. The van der Waals surface area contributed by atoms with Crippen molar-refractivity contribution in [3.8, 4) is 23.0 Å². The van der Waals surface area contributed by atoms with Gasteiger partial charge in [0.05, 0.1) is 23.7 Å². The average Bonchev–Trinajstić information content (AvgIpc) is 4.03. The lowest BCUT2D eigenvalue weighted by Crippen LogP contribution is -2.64. The minimum Gasteiger partial charge on any atom is -0.481 e. The Labute approximate surface area is 289 Å². The van der Waals surface area contributed by atoms with Gasteiger partial charge in [-0.3, -0.25) is 19.2 Å². The molecule has 0 heterocycles. The lowest BCUT2D eigenvalue weighted by atomic mass is 9.55. The van der Waals surface area contributed by atoms with Gasteiger partial charge in [0.2, 0.25) is 11.8 Å². The highest BCUT2D eigenvalue weighted by Crippen LogP contribution is 2.51. The highest BCUT2D eigenvalue weighted by Gasteiger charge is 2.65. The molecule has 3 fully saturated rings. The Bertz CT molecular complexity index is 1700. The smallest absolute Gasteiger partial charge is 0.308 e. The van der Waals surface area contributed by atoms with E-state index in [-0.39, 0.29) is 25.2 Å². The van der Waals surface area contributed by atoms with Crippen molar-refractivity contribution in [1.82, 2.24) is 9.80 Å². The molecule has 10 nitrogen and oxygen atoms in total. The predicted octanol–water partition coefficient (Wildman–Crippen LogP) is 6.60. The van der Waals surface area contributed by atoms with Crippen molar-refractivity contribution in [3.05, 3.63) is 120 Å². The van der Waals surface area contributed by atoms with E-state index in [0.717, 1.165) is 36.8 Å². The minimum absolute atomic E-state index is 0.113. The van der Waals surface area contributed by atoms with E-state index in [2.05, 4.69) is 0 Å². The van der Waals surface area contributed by atoms with Gasteiger partial charge in [0.15, 0.2) is 0 Å². The second kappa shape index (κ2) is 14.1. The summed E-state index contributed by atoms with van der Waals surface area (Å²) >= 11 is 0. The van der Waals surface area contributed by atoms with E-state index in [9.17, 15) is 29.4 Å². The summed E-state index contributed by atoms with van der Waals surface area (Å²) in [5, 5.41) is 20.7. The van der Waals surface area contributed by atoms with E-state index in [0.29, 0.717) is 23.0 Å². The van der Waals surface area contributed by atoms with E-state index in [1.165, 1.54) is 0 Å². The zero-order valence-electron chi connectivity index (χ0n) is 27.3. The van der Waals surface area contributed by atoms with Crippen molar-refractivity contribution < 1.29 is 38.9 Å². The molecule has 2 amide bonds. The first-order valence-electron chi connectivity index (χ1n) is 17.0. The Hall–Kier alpha value is -5.64. The number of nitrogens with zero attached hydrogens (tertiary/aromatic N) is 2. The second-order valence-electron chi connectivity index (χ2n) is 13.3. The van der Waals surface area contributed by atoms with E-state index in [1.807, 2.05) is 84.9 Å². The fraction of sp³-hybridized carbons (Fsp3) is 0.300. The zero-order valence-corrected chi connectivity index (χ0v) is 27.3. The Morgan fingerprint density at radius 3 is 1.10 bits per heavy atom. The third-order valence-corrected chi connectivity index (χ3v) is 9.74. The number of para-hydroxylation sites is 2. The zero-order chi connectivity index (χ0) is 34.8. The van der Waals surface area contributed by atoms with Crippen molar-refractivity contribution in [2.45, 2.75) is 50.9 Å². The Morgan fingerprint density at radius 1 is 0.480 bits per heavy atom. The summed E-state index contributed by atoms with van der Waals surface area (Å²) in [4.78, 5) is 56.9. The standard InChI is InChI=1S/C40H38N2O8/c43-37(41(27-15-16-27)23-25-11-19-31(20-12-25)49-29-7-3-1-4-8-29)33-35(39(45)46)34(36(33)40(47)48)38(44)42(28-17-18-28)24-26-13-21-32(22-14-26)50-30-9-5-2-6-10-30/h1-14,19-22,27-28,33-36H,15-18,23-24H2,(H,45,46)(H,47,48). The largest absolute Gasteiger partial charge is 0.481 e. The van der Waals surface area contributed by atoms with Gasteiger partial charge < -0.3 is 29.5 Å². The number of rotatable bonds is 14. The van der Waals surface area contributed by atoms with Crippen molar-refractivity contribution >= 4 is 23.8 Å². The normalized spacial score (nSPS) is 21.0. The van der Waals surface area contributed by atoms with Crippen LogP contribution in [0.4, 0.5) is 0 Å². The van der Waals surface area contributed by atoms with Crippen LogP contribution in [0.2, 0.25) is 0 Å². The van der Waals surface area contributed by atoms with Gasteiger partial charge in [0.1, 0.15) is 23.0 Å². The van der Waals surface area contributed by atoms with Crippen molar-refractivity contribution in [1.29, 1.82) is 0 Å². The summed E-state index contributed by atoms with van der Waals surface area (Å²) < 4.78 is 11.8. The monoisotopic (exact) mass is 674 g/mol. The van der Waals surface area contributed by atoms with Crippen LogP contribution in [0.5, 0.6) is 23.0 Å². The summed E-state index contributed by atoms with van der Waals surface area (Å²) in [5.74, 6) is -6.70. The van der Waals surface area contributed by atoms with Gasteiger partial charge in [0, 0.05) is 25.2 Å². The van der Waals surface area contributed by atoms with Crippen LogP contribution in [0.25, 0.3) is 0 Å². The number of ether oxygens (including phenoxy) is 2. The fourth-order valence-corrected chi connectivity index (χ4v) is 6.87. The number of carbonyl (C=O) groups excluding carboxylic acids is 2. The lowest BCUT2D eigenvalue weighted by molar-refractivity contribution is -0.188. The van der Waals surface area contributed by atoms with Gasteiger partial charge in [0.25, 0.3) is 0 Å². The third-order valence-electron chi connectivity index (χ3n) is 9.74. The SMILES string of the molecule is O=C(O)C1C(C(=O)N(Cc2ccc(Oc3ccccc3)cc2)C2CC2)C(C(=O)O)C1C(=O)N(Cc1ccc(Oc2ccccc2)cc1)C1CC1. The molecule has 7 rings (SSSR count). The van der Waals surface area contributed by atoms with Crippen LogP contribution in [0.3, 0.4) is 0 Å². The molecule has 0 atom stereocenters. The molecule has 4 aromatic rings. The number of amides is 2. The van der Waals surface area contributed by atoms with Gasteiger partial charge in [-0.1, -0.05) is 60.7 Å². The van der Waals surface area contributed by atoms with Gasteiger partial charge in [-0.2, -0.15) is 0 Å². The molecule has 4 aromatic carbocycles. The van der Waals surface area contributed by atoms with Crippen molar-refractivity contribution in [3.63, 3.8) is 0 Å². The molecule has 0 bridgehead atoms. The molecule has 256 valence electrons. The lowest BCUT2D eigenvalue weighted by Gasteiger charge is -2.48. The van der Waals surface area contributed by atoms with Crippen molar-refractivity contribution in [2.75, 3.05) is 0 Å². The quantitative estimate of drug-likeness (QED) is 0.153. The average molecular weight is 675 g/mol. The molecular formula is C40H38N2O8. The molecule has 3 aliphatic carbocycles. The molecule has 3 saturated carbocycles. The maximum atomic E-state index is 14.1. The van der Waals surface area contributed by atoms with Crippen LogP contribution in [0.1, 0.15) is 36.8 Å². The van der Waals surface area contributed by atoms with Gasteiger partial charge in [-0.25, -0.2) is 0 Å². The Balaban J connectivity index is 1.06. The topological polar surface area (TPSA) is 134 Å². The summed E-state index contributed by atoms with van der Waals surface area (Å²) in [6, 6.07) is 33.0. The second-order valence-corrected chi connectivity index (χ2v) is 13.3. The number of carboxylic acid groups (broad SMARTS) is 2. The van der Waals surface area contributed by atoms with Crippen LogP contribution in [-0.2, 0) is 32.3 Å². The van der Waals surface area contributed by atoms with Crippen LogP contribution in [0, 0.1) is 23.7 Å². The number of hydrogen-bond donors (Lipinski definition) is 2. The fourth-order valence-electron chi connectivity index (χ4n) is 6.87. The molecule has 50 heavy (non-hydrogen) atoms. The van der Waals surface area contributed by atoms with E-state index < -0.39 is 47.4 Å². The summed E-state index contributed by atoms with van der Waals surface area (Å²) in [7, 11) is 0. The number of hydrogen-bond acceptors (Lipinski definition) is 6. The molecule has 0 saturated heterocycles. The first-order valence-corrected chi connectivity index (χ1v) is 17.0. The van der Waals surface area contributed by atoms with E-state index in [1.54, 1.807) is 34.1 Å². The van der Waals surface area contributed by atoms with Gasteiger partial charge >= 0.3 is 11.9 Å². The van der Waals surface area contributed by atoms with E-state index in [4.69, 9.17) is 9.47 Å². The highest BCUT2D eigenvalue weighted by molar-refractivity contribution is 6.00. The Morgan fingerprint density at radius 2 is 0.800 bits per heavy atom. The first kappa shape index (κ1) is 32.9. The number of carboxylic acids is 2. The summed E-state index contributed by atoms with van der Waals surface area (Å²) in [6.45, 7) is 0.391. The maximum absolute atomic E-state index is 14.1. The van der Waals surface area contributed by atoms with Crippen LogP contribution in [0.15, 0.2) is 109 Å². The predicted molar refractivity (Wildman–Crippen MR) is 182 cm³/mol. The van der Waals surface area contributed by atoms with Crippen LogP contribution >= 0.6 is 0 Å². The molecule has 0 spiro atoms. The molecule has 10 heteroatoms. The van der Waals surface area contributed by atoms with Gasteiger partial charge in [-0.15, -0.1) is 0 Å². The summed E-state index contributed by atoms with van der Waals surface area (Å²) in [5.41, 5.74) is 1.60. The van der Waals surface area contributed by atoms with Crippen LogP contribution < -0.4 is 9.47 Å².